The van der Waals surface area contributed by atoms with Gasteiger partial charge in [-0.2, -0.15) is 0 Å². The van der Waals surface area contributed by atoms with Crippen LogP contribution < -0.4 is 10.2 Å². The molecule has 1 heterocycles. The fraction of sp³-hybridized carbons (Fsp3) is 0.130. The van der Waals surface area contributed by atoms with Crippen molar-refractivity contribution in [3.63, 3.8) is 0 Å². The highest BCUT2D eigenvalue weighted by Gasteiger charge is 2.35. The number of rotatable bonds is 4. The molecule has 1 N–H and O–H groups in total. The summed E-state index contributed by atoms with van der Waals surface area (Å²) in [7, 11) is 0. The van der Waals surface area contributed by atoms with Crippen molar-refractivity contribution in [1.29, 1.82) is 0 Å². The average molecular weight is 441 g/mol. The number of carbonyl (C=O) groups is 2. The van der Waals surface area contributed by atoms with E-state index in [1.807, 2.05) is 13.0 Å². The first-order valence-corrected chi connectivity index (χ1v) is 10.7. The molecule has 152 valence electrons. The summed E-state index contributed by atoms with van der Waals surface area (Å²) >= 11 is 7.39. The van der Waals surface area contributed by atoms with Crippen molar-refractivity contribution in [2.45, 2.75) is 12.3 Å². The highest BCUT2D eigenvalue weighted by atomic mass is 35.5. The molecule has 0 spiro atoms. The minimum absolute atomic E-state index is 0.150. The summed E-state index contributed by atoms with van der Waals surface area (Å²) in [6, 6.07) is 18.7. The number of carbonyl (C=O) groups excluding carboxylic acids is 2. The maximum atomic E-state index is 14.5. The summed E-state index contributed by atoms with van der Waals surface area (Å²) in [6.45, 7) is 1.86. The Kier molecular flexibility index (Phi) is 5.79. The molecule has 0 unspecified atom stereocenters. The van der Waals surface area contributed by atoms with Gasteiger partial charge in [0.25, 0.3) is 5.91 Å². The largest absolute Gasteiger partial charge is 0.322 e. The molecule has 0 radical (unpaired) electrons. The predicted molar refractivity (Wildman–Crippen MR) is 120 cm³/mol. The van der Waals surface area contributed by atoms with Gasteiger partial charge >= 0.3 is 0 Å². The monoisotopic (exact) mass is 440 g/mol. The second-order valence-corrected chi connectivity index (χ2v) is 8.48. The first-order chi connectivity index (χ1) is 14.4. The van der Waals surface area contributed by atoms with E-state index in [1.165, 1.54) is 22.7 Å². The second-order valence-electron chi connectivity index (χ2n) is 6.97. The number of amides is 2. The lowest BCUT2D eigenvalue weighted by Crippen LogP contribution is -2.28. The van der Waals surface area contributed by atoms with Crippen LogP contribution in [0.2, 0.25) is 5.02 Å². The van der Waals surface area contributed by atoms with Gasteiger partial charge in [0.15, 0.2) is 0 Å². The molecule has 7 heteroatoms. The number of nitrogens with one attached hydrogen (secondary N) is 1. The van der Waals surface area contributed by atoms with E-state index in [1.54, 1.807) is 54.6 Å². The molecule has 4 rings (SSSR count). The summed E-state index contributed by atoms with van der Waals surface area (Å²) in [5, 5.41) is 2.95. The van der Waals surface area contributed by atoms with Crippen molar-refractivity contribution in [2.75, 3.05) is 16.0 Å². The highest BCUT2D eigenvalue weighted by molar-refractivity contribution is 8.00. The zero-order chi connectivity index (χ0) is 21.3. The van der Waals surface area contributed by atoms with Gasteiger partial charge in [-0.3, -0.25) is 14.5 Å². The SMILES string of the molecule is Cc1ccc(F)c(N2C(=O)CS[C@@H]2c2cccc(NC(=O)c3cccc(Cl)c3)c2)c1. The molecule has 1 fully saturated rings. The van der Waals surface area contributed by atoms with Gasteiger partial charge in [-0.1, -0.05) is 35.9 Å². The Labute approximate surface area is 183 Å². The predicted octanol–water partition coefficient (Wildman–Crippen LogP) is 5.82. The molecule has 1 aliphatic heterocycles. The van der Waals surface area contributed by atoms with Crippen LogP contribution in [-0.2, 0) is 4.79 Å². The third-order valence-electron chi connectivity index (χ3n) is 4.75. The number of benzene rings is 3. The molecule has 0 aromatic heterocycles. The number of hydrogen-bond acceptors (Lipinski definition) is 3. The van der Waals surface area contributed by atoms with Crippen LogP contribution in [0.15, 0.2) is 66.7 Å². The maximum absolute atomic E-state index is 14.5. The van der Waals surface area contributed by atoms with E-state index in [2.05, 4.69) is 5.32 Å². The normalized spacial score (nSPS) is 16.0. The van der Waals surface area contributed by atoms with Crippen LogP contribution in [0.4, 0.5) is 15.8 Å². The van der Waals surface area contributed by atoms with Crippen LogP contribution in [0.5, 0.6) is 0 Å². The van der Waals surface area contributed by atoms with Crippen LogP contribution in [-0.4, -0.2) is 17.6 Å². The topological polar surface area (TPSA) is 49.4 Å². The molecule has 1 saturated heterocycles. The van der Waals surface area contributed by atoms with Gasteiger partial charge in [0.05, 0.1) is 11.4 Å². The number of hydrogen-bond donors (Lipinski definition) is 1. The Hall–Kier alpha value is -2.83. The number of halogens is 2. The number of anilines is 2. The van der Waals surface area contributed by atoms with Crippen molar-refractivity contribution in [3.05, 3.63) is 94.3 Å². The molecule has 0 aliphatic carbocycles. The average Bonchev–Trinajstić information content (AvgIpc) is 3.11. The summed E-state index contributed by atoms with van der Waals surface area (Å²) in [6.07, 6.45) is 0. The molecular weight excluding hydrogens is 423 g/mol. The van der Waals surface area contributed by atoms with E-state index in [-0.39, 0.29) is 28.6 Å². The number of aryl methyl sites for hydroxylation is 1. The van der Waals surface area contributed by atoms with Crippen molar-refractivity contribution in [1.82, 2.24) is 0 Å². The fourth-order valence-corrected chi connectivity index (χ4v) is 4.69. The lowest BCUT2D eigenvalue weighted by molar-refractivity contribution is -0.115. The molecule has 30 heavy (non-hydrogen) atoms. The van der Waals surface area contributed by atoms with Gasteiger partial charge in [0.2, 0.25) is 5.91 Å². The highest BCUT2D eigenvalue weighted by Crippen LogP contribution is 2.43. The molecular formula is C23H18ClFN2O2S. The van der Waals surface area contributed by atoms with Crippen LogP contribution in [0.1, 0.15) is 26.9 Å². The van der Waals surface area contributed by atoms with Crippen LogP contribution in [0, 0.1) is 12.7 Å². The Bertz CT molecular complexity index is 1140. The number of nitrogens with zero attached hydrogens (tertiary/aromatic N) is 1. The van der Waals surface area contributed by atoms with Crippen molar-refractivity contribution >= 4 is 46.6 Å². The van der Waals surface area contributed by atoms with Gasteiger partial charge in [-0.05, 0) is 60.5 Å². The molecule has 3 aromatic carbocycles. The minimum atomic E-state index is -0.438. The third kappa shape index (κ3) is 4.20. The van der Waals surface area contributed by atoms with E-state index in [0.717, 1.165) is 11.1 Å². The lowest BCUT2D eigenvalue weighted by Gasteiger charge is -2.25. The molecule has 0 saturated carbocycles. The summed E-state index contributed by atoms with van der Waals surface area (Å²) in [5.41, 5.74) is 2.97. The first-order valence-electron chi connectivity index (χ1n) is 9.29. The van der Waals surface area contributed by atoms with E-state index >= 15 is 0 Å². The third-order valence-corrected chi connectivity index (χ3v) is 6.19. The standard InChI is InChI=1S/C23H18ClFN2O2S/c1-14-8-9-19(25)20(10-14)27-21(28)13-30-23(27)16-5-3-7-18(12-16)26-22(29)15-4-2-6-17(24)11-15/h2-12,23H,13H2,1H3,(H,26,29)/t23-/m1/s1. The Morgan fingerprint density at radius 3 is 2.73 bits per heavy atom. The molecule has 4 nitrogen and oxygen atoms in total. The summed E-state index contributed by atoms with van der Waals surface area (Å²) in [4.78, 5) is 26.6. The molecule has 3 aromatic rings. The van der Waals surface area contributed by atoms with Crippen molar-refractivity contribution < 1.29 is 14.0 Å². The van der Waals surface area contributed by atoms with Crippen molar-refractivity contribution in [2.24, 2.45) is 0 Å². The Balaban J connectivity index is 1.62. The molecule has 1 atom stereocenters. The molecule has 1 aliphatic rings. The van der Waals surface area contributed by atoms with E-state index < -0.39 is 5.82 Å². The van der Waals surface area contributed by atoms with Gasteiger partial charge in [-0.25, -0.2) is 4.39 Å². The van der Waals surface area contributed by atoms with Gasteiger partial charge < -0.3 is 5.32 Å². The Morgan fingerprint density at radius 2 is 1.93 bits per heavy atom. The smallest absolute Gasteiger partial charge is 0.255 e. The van der Waals surface area contributed by atoms with E-state index in [9.17, 15) is 14.0 Å². The molecule has 0 bridgehead atoms. The van der Waals surface area contributed by atoms with Gasteiger partial charge in [0, 0.05) is 16.3 Å². The van der Waals surface area contributed by atoms with E-state index in [0.29, 0.717) is 16.3 Å². The lowest BCUT2D eigenvalue weighted by atomic mass is 10.1. The Morgan fingerprint density at radius 1 is 1.13 bits per heavy atom. The summed E-state index contributed by atoms with van der Waals surface area (Å²) in [5.74, 6) is -0.613. The van der Waals surface area contributed by atoms with E-state index in [4.69, 9.17) is 11.6 Å². The first kappa shape index (κ1) is 20.4. The van der Waals surface area contributed by atoms with Crippen molar-refractivity contribution in [3.8, 4) is 0 Å². The summed E-state index contributed by atoms with van der Waals surface area (Å²) < 4.78 is 14.5. The van der Waals surface area contributed by atoms with Crippen LogP contribution in [0.3, 0.4) is 0 Å². The quantitative estimate of drug-likeness (QED) is 0.556. The molecule has 2 amide bonds. The fourth-order valence-electron chi connectivity index (χ4n) is 3.34. The van der Waals surface area contributed by atoms with Gasteiger partial charge in [-0.15, -0.1) is 11.8 Å². The zero-order valence-electron chi connectivity index (χ0n) is 16.1. The van der Waals surface area contributed by atoms with Crippen LogP contribution >= 0.6 is 23.4 Å². The van der Waals surface area contributed by atoms with Crippen LogP contribution in [0.25, 0.3) is 0 Å². The maximum Gasteiger partial charge on any atom is 0.255 e. The minimum Gasteiger partial charge on any atom is -0.322 e. The zero-order valence-corrected chi connectivity index (χ0v) is 17.6. The number of thioether (sulfide) groups is 1. The van der Waals surface area contributed by atoms with Gasteiger partial charge in [0.1, 0.15) is 11.2 Å². The second kappa shape index (κ2) is 8.50.